The van der Waals surface area contributed by atoms with Crippen LogP contribution in [0.5, 0.6) is 5.75 Å². The van der Waals surface area contributed by atoms with Crippen molar-refractivity contribution in [3.63, 3.8) is 0 Å². The van der Waals surface area contributed by atoms with Crippen LogP contribution in [0, 0.1) is 0 Å². The molecule has 0 radical (unpaired) electrons. The Balaban J connectivity index is 2.11. The van der Waals surface area contributed by atoms with E-state index in [4.69, 9.17) is 4.74 Å². The molecule has 0 bridgehead atoms. The number of ether oxygens (including phenoxy) is 1. The summed E-state index contributed by atoms with van der Waals surface area (Å²) < 4.78 is 5.81. The molecule has 0 spiro atoms. The van der Waals surface area contributed by atoms with Crippen molar-refractivity contribution in [2.75, 3.05) is 5.32 Å². The lowest BCUT2D eigenvalue weighted by Crippen LogP contribution is -2.32. The third kappa shape index (κ3) is 4.59. The van der Waals surface area contributed by atoms with Crippen molar-refractivity contribution >= 4 is 11.6 Å². The van der Waals surface area contributed by atoms with Gasteiger partial charge in [-0.1, -0.05) is 57.2 Å². The number of nitrogens with one attached hydrogen (secondary N) is 1. The van der Waals surface area contributed by atoms with Crippen molar-refractivity contribution in [1.29, 1.82) is 0 Å². The van der Waals surface area contributed by atoms with E-state index in [1.165, 1.54) is 0 Å². The van der Waals surface area contributed by atoms with E-state index in [0.29, 0.717) is 18.1 Å². The van der Waals surface area contributed by atoms with E-state index in [2.05, 4.69) is 25.2 Å². The van der Waals surface area contributed by atoms with Crippen LogP contribution in [0.1, 0.15) is 45.1 Å². The minimum Gasteiger partial charge on any atom is -0.481 e. The van der Waals surface area contributed by atoms with E-state index in [1.807, 2.05) is 55.5 Å². The molecule has 0 aliphatic carbocycles. The molecule has 0 heterocycles. The lowest BCUT2D eigenvalue weighted by molar-refractivity contribution is -0.122. The van der Waals surface area contributed by atoms with E-state index in [1.54, 1.807) is 0 Å². The Labute approximate surface area is 138 Å². The van der Waals surface area contributed by atoms with E-state index < -0.39 is 6.10 Å². The molecule has 0 aromatic heterocycles. The van der Waals surface area contributed by atoms with Crippen LogP contribution in [0.4, 0.5) is 5.69 Å². The predicted molar refractivity (Wildman–Crippen MR) is 94.9 cm³/mol. The van der Waals surface area contributed by atoms with Crippen LogP contribution in [0.15, 0.2) is 54.6 Å². The number of benzene rings is 2. The van der Waals surface area contributed by atoms with Gasteiger partial charge in [-0.15, -0.1) is 0 Å². The van der Waals surface area contributed by atoms with Crippen molar-refractivity contribution in [3.05, 3.63) is 60.2 Å². The van der Waals surface area contributed by atoms with Gasteiger partial charge in [-0.25, -0.2) is 0 Å². The summed E-state index contributed by atoms with van der Waals surface area (Å²) in [6.07, 6.45) is 1.15. The van der Waals surface area contributed by atoms with Gasteiger partial charge < -0.3 is 10.1 Å². The van der Waals surface area contributed by atoms with Gasteiger partial charge in [0.15, 0.2) is 6.10 Å². The summed E-state index contributed by atoms with van der Waals surface area (Å²) in [6, 6.07) is 17.4. The fraction of sp³-hybridized carbons (Fsp3) is 0.350. The molecule has 0 fully saturated rings. The molecule has 2 rings (SSSR count). The maximum atomic E-state index is 12.6. The van der Waals surface area contributed by atoms with Crippen molar-refractivity contribution in [2.45, 2.75) is 45.6 Å². The largest absolute Gasteiger partial charge is 0.481 e. The van der Waals surface area contributed by atoms with Gasteiger partial charge >= 0.3 is 0 Å². The summed E-state index contributed by atoms with van der Waals surface area (Å²) in [4.78, 5) is 12.6. The normalized spacial score (nSPS) is 13.2. The highest BCUT2D eigenvalue weighted by atomic mass is 16.5. The highest BCUT2D eigenvalue weighted by Gasteiger charge is 2.20. The summed E-state index contributed by atoms with van der Waals surface area (Å²) in [5.74, 6) is 1.01. The van der Waals surface area contributed by atoms with E-state index in [-0.39, 0.29) is 5.91 Å². The lowest BCUT2D eigenvalue weighted by atomic mass is 9.97. The molecule has 0 saturated heterocycles. The Hall–Kier alpha value is -2.29. The quantitative estimate of drug-likeness (QED) is 0.781. The fourth-order valence-corrected chi connectivity index (χ4v) is 2.46. The zero-order valence-electron chi connectivity index (χ0n) is 14.1. The maximum absolute atomic E-state index is 12.6. The number of carbonyl (C=O) groups excluding carboxylic acids is 1. The average molecular weight is 311 g/mol. The predicted octanol–water partition coefficient (Wildman–Crippen LogP) is 5.00. The Bertz CT molecular complexity index is 625. The van der Waals surface area contributed by atoms with Crippen LogP contribution in [0.2, 0.25) is 0 Å². The van der Waals surface area contributed by atoms with Gasteiger partial charge in [0.2, 0.25) is 0 Å². The molecule has 2 unspecified atom stereocenters. The first-order valence-corrected chi connectivity index (χ1v) is 8.27. The summed E-state index contributed by atoms with van der Waals surface area (Å²) in [5.41, 5.74) is 2.04. The topological polar surface area (TPSA) is 38.3 Å². The highest BCUT2D eigenvalue weighted by molar-refractivity contribution is 5.95. The number of anilines is 1. The van der Waals surface area contributed by atoms with Gasteiger partial charge in [0, 0.05) is 5.69 Å². The van der Waals surface area contributed by atoms with Gasteiger partial charge in [0.25, 0.3) is 5.91 Å². The number of carbonyl (C=O) groups is 1. The van der Waals surface area contributed by atoms with Crippen molar-refractivity contribution in [1.82, 2.24) is 0 Å². The van der Waals surface area contributed by atoms with Crippen LogP contribution in [0.25, 0.3) is 0 Å². The summed E-state index contributed by atoms with van der Waals surface area (Å²) in [7, 11) is 0. The second-order valence-electron chi connectivity index (χ2n) is 5.71. The third-order valence-corrected chi connectivity index (χ3v) is 4.05. The zero-order valence-corrected chi connectivity index (χ0v) is 14.1. The van der Waals surface area contributed by atoms with Crippen LogP contribution < -0.4 is 10.1 Å². The Morgan fingerprint density at radius 2 is 1.65 bits per heavy atom. The van der Waals surface area contributed by atoms with Crippen molar-refractivity contribution in [2.24, 2.45) is 0 Å². The molecule has 2 aromatic carbocycles. The second kappa shape index (κ2) is 8.37. The summed E-state index contributed by atoms with van der Waals surface area (Å²) in [5, 5.41) is 3.03. The number of rotatable bonds is 7. The monoisotopic (exact) mass is 311 g/mol. The molecule has 3 nitrogen and oxygen atoms in total. The highest BCUT2D eigenvalue weighted by Crippen LogP contribution is 2.27. The van der Waals surface area contributed by atoms with Crippen molar-refractivity contribution in [3.8, 4) is 5.75 Å². The Morgan fingerprint density at radius 1 is 1.00 bits per heavy atom. The summed E-state index contributed by atoms with van der Waals surface area (Å²) >= 11 is 0. The lowest BCUT2D eigenvalue weighted by Gasteiger charge is -2.20. The van der Waals surface area contributed by atoms with E-state index in [9.17, 15) is 4.79 Å². The number of hydrogen-bond donors (Lipinski definition) is 1. The molecule has 0 aliphatic heterocycles. The number of hydrogen-bond acceptors (Lipinski definition) is 2. The molecule has 1 N–H and O–H groups in total. The third-order valence-electron chi connectivity index (χ3n) is 4.05. The van der Waals surface area contributed by atoms with E-state index >= 15 is 0 Å². The van der Waals surface area contributed by atoms with E-state index in [0.717, 1.165) is 17.7 Å². The van der Waals surface area contributed by atoms with Crippen LogP contribution >= 0.6 is 0 Å². The molecule has 2 atom stereocenters. The summed E-state index contributed by atoms with van der Waals surface area (Å²) in [6.45, 7) is 6.27. The minimum atomic E-state index is -0.498. The minimum absolute atomic E-state index is 0.105. The molecule has 0 aliphatic rings. The molecule has 122 valence electrons. The van der Waals surface area contributed by atoms with Crippen LogP contribution in [-0.4, -0.2) is 12.0 Å². The average Bonchev–Trinajstić information content (AvgIpc) is 2.60. The Morgan fingerprint density at radius 3 is 2.30 bits per heavy atom. The first kappa shape index (κ1) is 17.1. The zero-order chi connectivity index (χ0) is 16.7. The van der Waals surface area contributed by atoms with Crippen LogP contribution in [-0.2, 0) is 4.79 Å². The molecular formula is C20H25NO2. The number of para-hydroxylation sites is 2. The van der Waals surface area contributed by atoms with Gasteiger partial charge in [-0.05, 0) is 42.5 Å². The molecule has 0 saturated carbocycles. The standard InChI is InChI=1S/C20H25NO2/c1-4-15(3)17-13-9-10-14-18(17)21-20(22)19(5-2)23-16-11-7-6-8-12-16/h6-15,19H,4-5H2,1-3H3,(H,21,22). The van der Waals surface area contributed by atoms with Gasteiger partial charge in [-0.2, -0.15) is 0 Å². The Kier molecular flexibility index (Phi) is 6.21. The first-order valence-electron chi connectivity index (χ1n) is 8.27. The van der Waals surface area contributed by atoms with Gasteiger partial charge in [0.05, 0.1) is 0 Å². The second-order valence-corrected chi connectivity index (χ2v) is 5.71. The molecule has 3 heteroatoms. The smallest absolute Gasteiger partial charge is 0.265 e. The number of amides is 1. The first-order chi connectivity index (χ1) is 11.2. The van der Waals surface area contributed by atoms with Gasteiger partial charge in [-0.3, -0.25) is 4.79 Å². The molecule has 2 aromatic rings. The van der Waals surface area contributed by atoms with Crippen molar-refractivity contribution < 1.29 is 9.53 Å². The van der Waals surface area contributed by atoms with Gasteiger partial charge in [0.1, 0.15) is 5.75 Å². The maximum Gasteiger partial charge on any atom is 0.265 e. The molecule has 1 amide bonds. The molecular weight excluding hydrogens is 286 g/mol. The fourth-order valence-electron chi connectivity index (χ4n) is 2.46. The van der Waals surface area contributed by atoms with Crippen LogP contribution in [0.3, 0.4) is 0 Å². The molecule has 23 heavy (non-hydrogen) atoms. The SMILES string of the molecule is CCC(Oc1ccccc1)C(=O)Nc1ccccc1C(C)CC.